The van der Waals surface area contributed by atoms with Crippen molar-refractivity contribution in [2.24, 2.45) is 5.41 Å². The average Bonchev–Trinajstić information content (AvgIpc) is 2.37. The van der Waals surface area contributed by atoms with Gasteiger partial charge in [-0.05, 0) is 60.4 Å². The average molecular weight is 255 g/mol. The van der Waals surface area contributed by atoms with Crippen LogP contribution in [0.5, 0.6) is 0 Å². The first-order chi connectivity index (χ1) is 9.03. The molecule has 1 heteroatoms. The molecule has 0 fully saturated rings. The number of rotatable bonds is 1. The zero-order valence-electron chi connectivity index (χ0n) is 12.5. The van der Waals surface area contributed by atoms with Crippen LogP contribution in [0.4, 0.5) is 0 Å². The summed E-state index contributed by atoms with van der Waals surface area (Å²) in [5.74, 6) is 0. The lowest BCUT2D eigenvalue weighted by molar-refractivity contribution is 0.315. The zero-order valence-corrected chi connectivity index (χ0v) is 12.5. The maximum Gasteiger partial charge on any atom is 0.0166 e. The summed E-state index contributed by atoms with van der Waals surface area (Å²) >= 11 is 0. The SMILES string of the molecule is CN1CC=C(c2ccc3c(c2)CC(C)(C)CC3)CC1. The Balaban J connectivity index is 1.89. The number of fused-ring (bicyclic) bond motifs is 1. The number of benzene rings is 1. The number of hydrogen-bond donors (Lipinski definition) is 0. The van der Waals surface area contributed by atoms with Crippen molar-refractivity contribution in [2.45, 2.75) is 39.5 Å². The molecule has 0 saturated heterocycles. The van der Waals surface area contributed by atoms with Gasteiger partial charge in [-0.1, -0.05) is 38.1 Å². The molecular formula is C18H25N. The molecule has 0 saturated carbocycles. The highest BCUT2D eigenvalue weighted by Crippen LogP contribution is 2.36. The van der Waals surface area contributed by atoms with Crippen LogP contribution in [0, 0.1) is 5.41 Å². The number of hydrogen-bond acceptors (Lipinski definition) is 1. The molecule has 0 aromatic heterocycles. The lowest BCUT2D eigenvalue weighted by Crippen LogP contribution is -2.24. The van der Waals surface area contributed by atoms with Gasteiger partial charge in [-0.3, -0.25) is 0 Å². The van der Waals surface area contributed by atoms with Gasteiger partial charge in [0, 0.05) is 13.1 Å². The van der Waals surface area contributed by atoms with Crippen LogP contribution in [-0.4, -0.2) is 25.0 Å². The Morgan fingerprint density at radius 2 is 1.95 bits per heavy atom. The molecule has 0 N–H and O–H groups in total. The molecule has 1 aliphatic carbocycles. The van der Waals surface area contributed by atoms with Crippen molar-refractivity contribution in [1.82, 2.24) is 4.90 Å². The third-order valence-electron chi connectivity index (χ3n) is 4.73. The quantitative estimate of drug-likeness (QED) is 0.735. The molecule has 2 aliphatic rings. The van der Waals surface area contributed by atoms with Crippen molar-refractivity contribution in [3.63, 3.8) is 0 Å². The van der Waals surface area contributed by atoms with Crippen molar-refractivity contribution < 1.29 is 0 Å². The topological polar surface area (TPSA) is 3.24 Å². The summed E-state index contributed by atoms with van der Waals surface area (Å²) < 4.78 is 0. The maximum absolute atomic E-state index is 2.47. The highest BCUT2D eigenvalue weighted by Gasteiger charge is 2.25. The van der Waals surface area contributed by atoms with E-state index in [-0.39, 0.29) is 0 Å². The summed E-state index contributed by atoms with van der Waals surface area (Å²) in [5, 5.41) is 0. The van der Waals surface area contributed by atoms with Gasteiger partial charge in [-0.2, -0.15) is 0 Å². The Morgan fingerprint density at radius 3 is 2.68 bits per heavy atom. The zero-order chi connectivity index (χ0) is 13.5. The standard InChI is InChI=1S/C18H25N/c1-18(2)9-6-14-4-5-16(12-17(14)13-18)15-7-10-19(3)11-8-15/h4-5,7,12H,6,8-11,13H2,1-3H3. The normalized spacial score (nSPS) is 22.8. The monoisotopic (exact) mass is 255 g/mol. The van der Waals surface area contributed by atoms with Gasteiger partial charge in [-0.25, -0.2) is 0 Å². The third-order valence-corrected chi connectivity index (χ3v) is 4.73. The first-order valence-electron chi connectivity index (χ1n) is 7.53. The van der Waals surface area contributed by atoms with Crippen molar-refractivity contribution in [1.29, 1.82) is 0 Å². The van der Waals surface area contributed by atoms with Crippen LogP contribution in [-0.2, 0) is 12.8 Å². The molecule has 1 heterocycles. The minimum atomic E-state index is 0.479. The van der Waals surface area contributed by atoms with Gasteiger partial charge in [0.15, 0.2) is 0 Å². The first-order valence-corrected chi connectivity index (χ1v) is 7.53. The first kappa shape index (κ1) is 12.9. The highest BCUT2D eigenvalue weighted by molar-refractivity contribution is 5.67. The largest absolute Gasteiger partial charge is 0.302 e. The summed E-state index contributed by atoms with van der Waals surface area (Å²) in [6.07, 6.45) is 7.42. The molecule has 1 nitrogen and oxygen atoms in total. The van der Waals surface area contributed by atoms with Gasteiger partial charge in [-0.15, -0.1) is 0 Å². The van der Waals surface area contributed by atoms with Crippen LogP contribution >= 0.6 is 0 Å². The molecule has 1 aromatic rings. The molecule has 0 radical (unpaired) electrons. The summed E-state index contributed by atoms with van der Waals surface area (Å²) in [6.45, 7) is 7.08. The van der Waals surface area contributed by atoms with Crippen molar-refractivity contribution in [3.8, 4) is 0 Å². The smallest absolute Gasteiger partial charge is 0.0166 e. The Labute approximate surface area is 117 Å². The van der Waals surface area contributed by atoms with Crippen LogP contribution in [0.25, 0.3) is 5.57 Å². The predicted octanol–water partition coefficient (Wildman–Crippen LogP) is 3.92. The molecular weight excluding hydrogens is 230 g/mol. The van der Waals surface area contributed by atoms with E-state index in [1.165, 1.54) is 37.8 Å². The van der Waals surface area contributed by atoms with E-state index in [2.05, 4.69) is 50.1 Å². The summed E-state index contributed by atoms with van der Waals surface area (Å²) in [7, 11) is 2.20. The van der Waals surface area contributed by atoms with Gasteiger partial charge >= 0.3 is 0 Å². The van der Waals surface area contributed by atoms with Gasteiger partial charge in [0.2, 0.25) is 0 Å². The minimum absolute atomic E-state index is 0.479. The fraction of sp³-hybridized carbons (Fsp3) is 0.556. The van der Waals surface area contributed by atoms with E-state index >= 15 is 0 Å². The fourth-order valence-electron chi connectivity index (χ4n) is 3.34. The second-order valence-corrected chi connectivity index (χ2v) is 7.07. The van der Waals surface area contributed by atoms with Crippen molar-refractivity contribution in [3.05, 3.63) is 41.0 Å². The van der Waals surface area contributed by atoms with E-state index in [1.54, 1.807) is 16.7 Å². The van der Waals surface area contributed by atoms with E-state index in [9.17, 15) is 0 Å². The third kappa shape index (κ3) is 2.76. The molecule has 1 aromatic carbocycles. The molecule has 19 heavy (non-hydrogen) atoms. The van der Waals surface area contributed by atoms with Gasteiger partial charge in [0.05, 0.1) is 0 Å². The van der Waals surface area contributed by atoms with E-state index in [0.29, 0.717) is 5.41 Å². The summed E-state index contributed by atoms with van der Waals surface area (Å²) in [4.78, 5) is 2.38. The Hall–Kier alpha value is -1.08. The lowest BCUT2D eigenvalue weighted by Gasteiger charge is -2.32. The molecule has 0 unspecified atom stereocenters. The fourth-order valence-corrected chi connectivity index (χ4v) is 3.34. The molecule has 0 amide bonds. The van der Waals surface area contributed by atoms with E-state index in [1.807, 2.05) is 0 Å². The predicted molar refractivity (Wildman–Crippen MR) is 82.3 cm³/mol. The summed E-state index contributed by atoms with van der Waals surface area (Å²) in [6, 6.07) is 7.18. The second kappa shape index (κ2) is 4.79. The van der Waals surface area contributed by atoms with E-state index in [4.69, 9.17) is 0 Å². The number of aryl methyl sites for hydroxylation is 1. The van der Waals surface area contributed by atoms with E-state index in [0.717, 1.165) is 6.54 Å². The van der Waals surface area contributed by atoms with Gasteiger partial charge in [0.1, 0.15) is 0 Å². The minimum Gasteiger partial charge on any atom is -0.302 e. The Kier molecular flexibility index (Phi) is 3.26. The van der Waals surface area contributed by atoms with Crippen molar-refractivity contribution in [2.75, 3.05) is 20.1 Å². The molecule has 0 atom stereocenters. The number of likely N-dealkylation sites (N-methyl/N-ethyl adjacent to an activating group) is 1. The Morgan fingerprint density at radius 1 is 1.11 bits per heavy atom. The second-order valence-electron chi connectivity index (χ2n) is 7.07. The summed E-state index contributed by atoms with van der Waals surface area (Å²) in [5.41, 5.74) is 6.66. The van der Waals surface area contributed by atoms with Crippen LogP contribution in [0.2, 0.25) is 0 Å². The van der Waals surface area contributed by atoms with Crippen molar-refractivity contribution >= 4 is 5.57 Å². The van der Waals surface area contributed by atoms with Crippen LogP contribution in [0.15, 0.2) is 24.3 Å². The van der Waals surface area contributed by atoms with Gasteiger partial charge < -0.3 is 4.90 Å². The lowest BCUT2D eigenvalue weighted by atomic mass is 9.74. The van der Waals surface area contributed by atoms with Crippen LogP contribution in [0.1, 0.15) is 43.4 Å². The van der Waals surface area contributed by atoms with E-state index < -0.39 is 0 Å². The molecule has 1 aliphatic heterocycles. The molecule has 3 rings (SSSR count). The van der Waals surface area contributed by atoms with Crippen LogP contribution in [0.3, 0.4) is 0 Å². The molecule has 0 bridgehead atoms. The number of nitrogens with zero attached hydrogens (tertiary/aromatic N) is 1. The van der Waals surface area contributed by atoms with Gasteiger partial charge in [0.25, 0.3) is 0 Å². The maximum atomic E-state index is 2.47. The molecule has 102 valence electrons. The molecule has 0 spiro atoms. The Bertz CT molecular complexity index is 510. The highest BCUT2D eigenvalue weighted by atomic mass is 15.1. The van der Waals surface area contributed by atoms with Crippen LogP contribution < -0.4 is 0 Å².